The topological polar surface area (TPSA) is 67.9 Å². The lowest BCUT2D eigenvalue weighted by Gasteiger charge is -2.35. The zero-order chi connectivity index (χ0) is 21.3. The highest BCUT2D eigenvalue weighted by molar-refractivity contribution is 7.92. The average molecular weight is 443 g/mol. The number of rotatable bonds is 6. The average Bonchev–Trinajstić information content (AvgIpc) is 2.68. The van der Waals surface area contributed by atoms with Crippen molar-refractivity contribution >= 4 is 27.3 Å². The molecule has 1 heterocycles. The van der Waals surface area contributed by atoms with E-state index in [1.807, 2.05) is 7.05 Å². The molecule has 0 amide bonds. The van der Waals surface area contributed by atoms with E-state index in [1.165, 1.54) is 18.2 Å². The first-order valence-electron chi connectivity index (χ1n) is 9.16. The number of hydrogen-bond acceptors (Lipinski definition) is 5. The summed E-state index contributed by atoms with van der Waals surface area (Å²) in [6.45, 7) is 4.54. The summed E-state index contributed by atoms with van der Waals surface area (Å²) in [5, 5.41) is -0.169. The van der Waals surface area contributed by atoms with Crippen LogP contribution in [-0.2, 0) is 16.4 Å². The number of nitrogens with one attached hydrogen (secondary N) is 1. The molecule has 2 aromatic carbocycles. The van der Waals surface area contributed by atoms with Gasteiger partial charge in [0.1, 0.15) is 28.8 Å². The molecule has 1 atom stereocenters. The van der Waals surface area contributed by atoms with Crippen molar-refractivity contribution in [3.05, 3.63) is 46.7 Å². The maximum Gasteiger partial charge on any atom is 0.265 e. The van der Waals surface area contributed by atoms with Gasteiger partial charge in [0, 0.05) is 17.6 Å². The first-order chi connectivity index (χ1) is 13.6. The number of methoxy groups -OCH3 is 1. The molecular weight excluding hydrogens is 419 g/mol. The lowest BCUT2D eigenvalue weighted by Crippen LogP contribution is -2.44. The Bertz CT molecular complexity index is 1010. The van der Waals surface area contributed by atoms with E-state index in [-0.39, 0.29) is 27.4 Å². The Morgan fingerprint density at radius 1 is 1.31 bits per heavy atom. The van der Waals surface area contributed by atoms with E-state index in [9.17, 15) is 12.8 Å². The van der Waals surface area contributed by atoms with Crippen LogP contribution in [0.25, 0.3) is 0 Å². The number of sulfonamides is 1. The molecule has 6 nitrogen and oxygen atoms in total. The normalized spacial score (nSPS) is 16.5. The third kappa shape index (κ3) is 4.44. The van der Waals surface area contributed by atoms with Crippen LogP contribution in [0.15, 0.2) is 35.2 Å². The van der Waals surface area contributed by atoms with Gasteiger partial charge in [0.05, 0.1) is 17.8 Å². The van der Waals surface area contributed by atoms with Crippen molar-refractivity contribution in [2.24, 2.45) is 0 Å². The van der Waals surface area contributed by atoms with Gasteiger partial charge >= 0.3 is 0 Å². The number of hydrogen-bond donors (Lipinski definition) is 1. The second-order valence-corrected chi connectivity index (χ2v) is 9.29. The van der Waals surface area contributed by atoms with Crippen molar-refractivity contribution in [1.82, 2.24) is 4.90 Å². The number of ether oxygens (including phenoxy) is 2. The van der Waals surface area contributed by atoms with Crippen LogP contribution in [0.5, 0.6) is 11.5 Å². The molecular formula is C20H24ClFN2O4S. The summed E-state index contributed by atoms with van der Waals surface area (Å²) in [6.07, 6.45) is 0.596. The highest BCUT2D eigenvalue weighted by Crippen LogP contribution is 2.40. The molecule has 2 aromatic rings. The summed E-state index contributed by atoms with van der Waals surface area (Å²) in [4.78, 5) is 2.18. The monoisotopic (exact) mass is 442 g/mol. The fraction of sp³-hybridized carbons (Fsp3) is 0.400. The quantitative estimate of drug-likeness (QED) is 0.734. The van der Waals surface area contributed by atoms with Gasteiger partial charge in [-0.25, -0.2) is 12.8 Å². The van der Waals surface area contributed by atoms with Crippen molar-refractivity contribution in [1.29, 1.82) is 0 Å². The minimum Gasteiger partial charge on any atom is -0.496 e. The largest absolute Gasteiger partial charge is 0.496 e. The SMILES string of the molecule is COc1ccc(S(=O)(=O)Nc2ccc(F)c(Cl)c2)c2c1CC(N(C)C(C)C)CO2. The summed E-state index contributed by atoms with van der Waals surface area (Å²) >= 11 is 5.76. The van der Waals surface area contributed by atoms with Crippen molar-refractivity contribution < 1.29 is 22.3 Å². The minimum atomic E-state index is -3.99. The second kappa shape index (κ2) is 8.38. The maximum atomic E-state index is 13.4. The van der Waals surface area contributed by atoms with Crippen LogP contribution in [-0.4, -0.2) is 46.2 Å². The highest BCUT2D eigenvalue weighted by Gasteiger charge is 2.32. The van der Waals surface area contributed by atoms with Crippen LogP contribution in [0.3, 0.4) is 0 Å². The van der Waals surface area contributed by atoms with Crippen molar-refractivity contribution in [2.75, 3.05) is 25.5 Å². The minimum absolute atomic E-state index is 0.000558. The molecule has 158 valence electrons. The first kappa shape index (κ1) is 21.7. The van der Waals surface area contributed by atoms with Crippen LogP contribution >= 0.6 is 11.6 Å². The molecule has 0 aromatic heterocycles. The van der Waals surface area contributed by atoms with Gasteiger partial charge in [-0.2, -0.15) is 0 Å². The molecule has 9 heteroatoms. The third-order valence-corrected chi connectivity index (χ3v) is 6.81. The maximum absolute atomic E-state index is 13.4. The zero-order valence-corrected chi connectivity index (χ0v) is 18.3. The number of benzene rings is 2. The van der Waals surface area contributed by atoms with Crippen molar-refractivity contribution in [3.63, 3.8) is 0 Å². The summed E-state index contributed by atoms with van der Waals surface area (Å²) < 4.78 is 53.2. The molecule has 0 aliphatic carbocycles. The smallest absolute Gasteiger partial charge is 0.265 e. The van der Waals surface area contributed by atoms with Gasteiger partial charge in [0.25, 0.3) is 10.0 Å². The van der Waals surface area contributed by atoms with Gasteiger partial charge in [-0.05, 0) is 57.6 Å². The summed E-state index contributed by atoms with van der Waals surface area (Å²) in [5.74, 6) is 0.226. The van der Waals surface area contributed by atoms with Crippen molar-refractivity contribution in [2.45, 2.75) is 37.2 Å². The van der Waals surface area contributed by atoms with E-state index in [2.05, 4.69) is 23.5 Å². The molecule has 1 aliphatic heterocycles. The van der Waals surface area contributed by atoms with Crippen LogP contribution in [0.1, 0.15) is 19.4 Å². The molecule has 0 radical (unpaired) electrons. The molecule has 29 heavy (non-hydrogen) atoms. The third-order valence-electron chi connectivity index (χ3n) is 5.11. The Hall–Kier alpha value is -2.03. The van der Waals surface area contributed by atoms with Gasteiger partial charge < -0.3 is 9.47 Å². The van der Waals surface area contributed by atoms with Gasteiger partial charge in [-0.1, -0.05) is 11.6 Å². The Morgan fingerprint density at radius 3 is 2.66 bits per heavy atom. The molecule has 0 spiro atoms. The number of halogens is 2. The standard InChI is InChI=1S/C20H24ClFN2O4S/c1-12(2)24(3)14-10-15-18(27-4)7-8-19(20(15)28-11-14)29(25,26)23-13-5-6-17(22)16(21)9-13/h5-9,12,14,23H,10-11H2,1-4H3. The lowest BCUT2D eigenvalue weighted by atomic mass is 10.00. The van der Waals surface area contributed by atoms with Crippen LogP contribution in [0.2, 0.25) is 5.02 Å². The summed E-state index contributed by atoms with van der Waals surface area (Å²) in [5.41, 5.74) is 0.866. The van der Waals surface area contributed by atoms with Gasteiger partial charge in [0.15, 0.2) is 0 Å². The molecule has 0 bridgehead atoms. The predicted octanol–water partition coefficient (Wildman–Crippen LogP) is 3.93. The number of fused-ring (bicyclic) bond motifs is 1. The summed E-state index contributed by atoms with van der Waals surface area (Å²) in [6, 6.07) is 7.10. The van der Waals surface area contributed by atoms with E-state index < -0.39 is 15.8 Å². The molecule has 0 saturated carbocycles. The van der Waals surface area contributed by atoms with Crippen LogP contribution in [0, 0.1) is 5.82 Å². The number of anilines is 1. The fourth-order valence-corrected chi connectivity index (χ4v) is 4.67. The second-order valence-electron chi connectivity index (χ2n) is 7.24. The Morgan fingerprint density at radius 2 is 2.03 bits per heavy atom. The molecule has 1 N–H and O–H groups in total. The molecule has 1 unspecified atom stereocenters. The molecule has 0 saturated heterocycles. The van der Waals surface area contributed by atoms with E-state index >= 15 is 0 Å². The van der Waals surface area contributed by atoms with Gasteiger partial charge in [-0.3, -0.25) is 9.62 Å². The Labute approximate surface area is 175 Å². The lowest BCUT2D eigenvalue weighted by molar-refractivity contribution is 0.115. The van der Waals surface area contributed by atoms with Gasteiger partial charge in [-0.15, -0.1) is 0 Å². The molecule has 3 rings (SSSR count). The predicted molar refractivity (Wildman–Crippen MR) is 111 cm³/mol. The number of likely N-dealkylation sites (N-methyl/N-ethyl adjacent to an activating group) is 1. The highest BCUT2D eigenvalue weighted by atomic mass is 35.5. The molecule has 0 fully saturated rings. The number of nitrogens with zero attached hydrogens (tertiary/aromatic N) is 1. The van der Waals surface area contributed by atoms with Gasteiger partial charge in [0.2, 0.25) is 0 Å². The Kier molecular flexibility index (Phi) is 6.26. The van der Waals surface area contributed by atoms with Crippen LogP contribution in [0.4, 0.5) is 10.1 Å². The van der Waals surface area contributed by atoms with E-state index in [0.29, 0.717) is 30.4 Å². The van der Waals surface area contributed by atoms with E-state index in [4.69, 9.17) is 21.1 Å². The molecule has 1 aliphatic rings. The summed E-state index contributed by atoms with van der Waals surface area (Å²) in [7, 11) is -0.438. The van der Waals surface area contributed by atoms with E-state index in [0.717, 1.165) is 6.07 Å². The van der Waals surface area contributed by atoms with Crippen molar-refractivity contribution in [3.8, 4) is 11.5 Å². The first-order valence-corrected chi connectivity index (χ1v) is 11.0. The Balaban J connectivity index is 1.98. The van der Waals surface area contributed by atoms with E-state index in [1.54, 1.807) is 13.2 Å². The van der Waals surface area contributed by atoms with Crippen LogP contribution < -0.4 is 14.2 Å². The fourth-order valence-electron chi connectivity index (χ4n) is 3.27. The zero-order valence-electron chi connectivity index (χ0n) is 16.7.